The largest absolute Gasteiger partial charge is 0.497 e. The van der Waals surface area contributed by atoms with Crippen molar-refractivity contribution in [3.05, 3.63) is 108 Å². The van der Waals surface area contributed by atoms with Crippen LogP contribution in [-0.4, -0.2) is 48.1 Å². The fraction of sp³-hybridized carbons (Fsp3) is 0.226. The number of benzene rings is 3. The Labute approximate surface area is 222 Å². The summed E-state index contributed by atoms with van der Waals surface area (Å²) in [7, 11) is 3.20. The van der Waals surface area contributed by atoms with Gasteiger partial charge >= 0.3 is 0 Å². The fourth-order valence-corrected chi connectivity index (χ4v) is 5.00. The lowest BCUT2D eigenvalue weighted by Gasteiger charge is -2.40. The molecule has 0 spiro atoms. The SMILES string of the molecule is COc1ccc(C2c3cccn3-c3ccccc3N2C(=O)CN(C(=O)c2cccc(OC)c2)C(C)C)cc1. The Bertz CT molecular complexity index is 1460. The second kappa shape index (κ2) is 10.5. The van der Waals surface area contributed by atoms with Crippen LogP contribution in [0.4, 0.5) is 5.69 Å². The van der Waals surface area contributed by atoms with Crippen molar-refractivity contribution in [2.45, 2.75) is 25.9 Å². The highest BCUT2D eigenvalue weighted by Crippen LogP contribution is 2.42. The molecule has 1 unspecified atom stereocenters. The van der Waals surface area contributed by atoms with Crippen LogP contribution < -0.4 is 14.4 Å². The number of hydrogen-bond donors (Lipinski definition) is 0. The van der Waals surface area contributed by atoms with Crippen LogP contribution in [-0.2, 0) is 4.79 Å². The van der Waals surface area contributed by atoms with Gasteiger partial charge < -0.3 is 18.9 Å². The highest BCUT2D eigenvalue weighted by atomic mass is 16.5. The number of methoxy groups -OCH3 is 2. The molecule has 5 rings (SSSR count). The summed E-state index contributed by atoms with van der Waals surface area (Å²) in [6, 6.07) is 26.1. The molecule has 0 bridgehead atoms. The Morgan fingerprint density at radius 2 is 1.55 bits per heavy atom. The average molecular weight is 510 g/mol. The van der Waals surface area contributed by atoms with Crippen molar-refractivity contribution in [3.63, 3.8) is 0 Å². The van der Waals surface area contributed by atoms with E-state index >= 15 is 0 Å². The van der Waals surface area contributed by atoms with Crippen LogP contribution in [0.3, 0.4) is 0 Å². The molecule has 2 heterocycles. The lowest BCUT2D eigenvalue weighted by molar-refractivity contribution is -0.120. The van der Waals surface area contributed by atoms with E-state index in [1.165, 1.54) is 0 Å². The van der Waals surface area contributed by atoms with Gasteiger partial charge in [-0.2, -0.15) is 0 Å². The molecule has 7 nitrogen and oxygen atoms in total. The molecule has 4 aromatic rings. The van der Waals surface area contributed by atoms with E-state index in [0.717, 1.165) is 28.4 Å². The molecule has 0 aliphatic carbocycles. The Hall–Kier alpha value is -4.52. The number of carbonyl (C=O) groups excluding carboxylic acids is 2. The molecule has 0 saturated carbocycles. The highest BCUT2D eigenvalue weighted by molar-refractivity contribution is 6.03. The van der Waals surface area contributed by atoms with Gasteiger partial charge in [0.1, 0.15) is 24.1 Å². The molecule has 3 aromatic carbocycles. The maximum Gasteiger partial charge on any atom is 0.254 e. The monoisotopic (exact) mass is 509 g/mol. The zero-order chi connectivity index (χ0) is 26.8. The second-order valence-corrected chi connectivity index (χ2v) is 9.49. The van der Waals surface area contributed by atoms with Gasteiger partial charge in [-0.3, -0.25) is 14.5 Å². The highest BCUT2D eigenvalue weighted by Gasteiger charge is 2.37. The third-order valence-corrected chi connectivity index (χ3v) is 6.93. The zero-order valence-corrected chi connectivity index (χ0v) is 22.0. The predicted molar refractivity (Wildman–Crippen MR) is 147 cm³/mol. The van der Waals surface area contributed by atoms with E-state index < -0.39 is 0 Å². The van der Waals surface area contributed by atoms with E-state index in [0.29, 0.717) is 11.3 Å². The van der Waals surface area contributed by atoms with Gasteiger partial charge in [0, 0.05) is 17.8 Å². The molecule has 0 radical (unpaired) electrons. The van der Waals surface area contributed by atoms with Crippen LogP contribution in [0.15, 0.2) is 91.1 Å². The summed E-state index contributed by atoms with van der Waals surface area (Å²) in [5, 5.41) is 0. The smallest absolute Gasteiger partial charge is 0.254 e. The van der Waals surface area contributed by atoms with Gasteiger partial charge in [0.15, 0.2) is 0 Å². The first-order valence-corrected chi connectivity index (χ1v) is 12.6. The lowest BCUT2D eigenvalue weighted by Crippen LogP contribution is -2.48. The number of hydrogen-bond acceptors (Lipinski definition) is 4. The van der Waals surface area contributed by atoms with Gasteiger partial charge in [0.25, 0.3) is 5.91 Å². The molecule has 1 atom stereocenters. The summed E-state index contributed by atoms with van der Waals surface area (Å²) in [6.07, 6.45) is 2.01. The number of para-hydroxylation sites is 2. The number of nitrogens with zero attached hydrogens (tertiary/aromatic N) is 3. The van der Waals surface area contributed by atoms with Crippen molar-refractivity contribution in [2.24, 2.45) is 0 Å². The predicted octanol–water partition coefficient (Wildman–Crippen LogP) is 5.48. The minimum absolute atomic E-state index is 0.0740. The van der Waals surface area contributed by atoms with Gasteiger partial charge in [0.05, 0.1) is 31.3 Å². The van der Waals surface area contributed by atoms with Crippen LogP contribution in [0.5, 0.6) is 11.5 Å². The van der Waals surface area contributed by atoms with Gasteiger partial charge in [-0.1, -0.05) is 30.3 Å². The number of aromatic nitrogens is 1. The van der Waals surface area contributed by atoms with E-state index in [2.05, 4.69) is 4.57 Å². The summed E-state index contributed by atoms with van der Waals surface area (Å²) in [6.45, 7) is 3.76. The number of amides is 2. The summed E-state index contributed by atoms with van der Waals surface area (Å²) in [4.78, 5) is 31.3. The molecule has 0 fully saturated rings. The molecule has 0 N–H and O–H groups in total. The molecule has 1 aliphatic heterocycles. The van der Waals surface area contributed by atoms with Crippen LogP contribution in [0.25, 0.3) is 5.69 Å². The fourth-order valence-electron chi connectivity index (χ4n) is 5.00. The summed E-state index contributed by atoms with van der Waals surface area (Å²) >= 11 is 0. The molecule has 38 heavy (non-hydrogen) atoms. The summed E-state index contributed by atoms with van der Waals surface area (Å²) in [5.74, 6) is 0.946. The molecule has 1 aliphatic rings. The van der Waals surface area contributed by atoms with Crippen molar-refractivity contribution in [2.75, 3.05) is 25.7 Å². The lowest BCUT2D eigenvalue weighted by atomic mass is 9.97. The zero-order valence-electron chi connectivity index (χ0n) is 22.0. The minimum Gasteiger partial charge on any atom is -0.497 e. The van der Waals surface area contributed by atoms with E-state index in [1.54, 1.807) is 43.4 Å². The first-order valence-electron chi connectivity index (χ1n) is 12.6. The molecule has 7 heteroatoms. The van der Waals surface area contributed by atoms with Crippen LogP contribution in [0, 0.1) is 0 Å². The van der Waals surface area contributed by atoms with E-state index in [4.69, 9.17) is 9.47 Å². The first-order chi connectivity index (χ1) is 18.4. The first kappa shape index (κ1) is 25.1. The number of anilines is 1. The number of carbonyl (C=O) groups is 2. The van der Waals surface area contributed by atoms with Gasteiger partial charge in [0.2, 0.25) is 5.91 Å². The number of ether oxygens (including phenoxy) is 2. The Kier molecular flexibility index (Phi) is 6.92. The third kappa shape index (κ3) is 4.52. The van der Waals surface area contributed by atoms with Crippen molar-refractivity contribution in [3.8, 4) is 17.2 Å². The van der Waals surface area contributed by atoms with Gasteiger partial charge in [-0.25, -0.2) is 0 Å². The van der Waals surface area contributed by atoms with Gasteiger partial charge in [-0.05, 0) is 74.0 Å². The molecule has 1 aromatic heterocycles. The molecular weight excluding hydrogens is 478 g/mol. The van der Waals surface area contributed by atoms with Crippen molar-refractivity contribution < 1.29 is 19.1 Å². The normalized spacial score (nSPS) is 14.0. The summed E-state index contributed by atoms with van der Waals surface area (Å²) < 4.78 is 12.8. The molecule has 0 saturated heterocycles. The third-order valence-electron chi connectivity index (χ3n) is 6.93. The quantitative estimate of drug-likeness (QED) is 0.331. The van der Waals surface area contributed by atoms with Crippen molar-refractivity contribution >= 4 is 17.5 Å². The van der Waals surface area contributed by atoms with E-state index in [1.807, 2.05) is 85.6 Å². The molecule has 194 valence electrons. The second-order valence-electron chi connectivity index (χ2n) is 9.49. The summed E-state index contributed by atoms with van der Waals surface area (Å²) in [5.41, 5.74) is 4.10. The average Bonchev–Trinajstić information content (AvgIpc) is 3.45. The maximum atomic E-state index is 14.2. The number of fused-ring (bicyclic) bond motifs is 3. The van der Waals surface area contributed by atoms with Crippen molar-refractivity contribution in [1.82, 2.24) is 9.47 Å². The topological polar surface area (TPSA) is 64.0 Å². The van der Waals surface area contributed by atoms with Crippen LogP contribution >= 0.6 is 0 Å². The standard InChI is InChI=1S/C31H31N3O4/c1-21(2)33(31(36)23-9-7-10-25(19-23)38-4)20-29(35)34-27-12-6-5-11-26(27)32-18-8-13-28(32)30(34)22-14-16-24(37-3)17-15-22/h5-19,21,30H,20H2,1-4H3. The van der Waals surface area contributed by atoms with Crippen molar-refractivity contribution in [1.29, 1.82) is 0 Å². The Balaban J connectivity index is 1.56. The van der Waals surface area contributed by atoms with E-state index in [9.17, 15) is 9.59 Å². The Morgan fingerprint density at radius 1 is 0.842 bits per heavy atom. The van der Waals surface area contributed by atoms with E-state index in [-0.39, 0.29) is 30.4 Å². The Morgan fingerprint density at radius 3 is 2.24 bits per heavy atom. The molecule has 2 amide bonds. The van der Waals surface area contributed by atoms with Crippen LogP contribution in [0.1, 0.15) is 41.5 Å². The van der Waals surface area contributed by atoms with Crippen LogP contribution in [0.2, 0.25) is 0 Å². The van der Waals surface area contributed by atoms with Gasteiger partial charge in [-0.15, -0.1) is 0 Å². The molecular formula is C31H31N3O4. The maximum absolute atomic E-state index is 14.2. The minimum atomic E-state index is -0.376. The number of rotatable bonds is 7.